The maximum atomic E-state index is 11.8. The number of aromatic nitrogens is 1. The monoisotopic (exact) mass is 263 g/mol. The van der Waals surface area contributed by atoms with Gasteiger partial charge in [0, 0.05) is 18.2 Å². The average molecular weight is 263 g/mol. The zero-order valence-electron chi connectivity index (χ0n) is 9.68. The van der Waals surface area contributed by atoms with Gasteiger partial charge in [-0.1, -0.05) is 6.07 Å². The summed E-state index contributed by atoms with van der Waals surface area (Å²) < 4.78 is 5.23. The fourth-order valence-electron chi connectivity index (χ4n) is 1.89. The standard InChI is InChI=1S/C12H13N3O2S/c16-12(10-5-18-7-15-10)13-4-8-1-2-9-11(3-8)17-6-14-9/h1-3,6,10,15H,4-5,7H2,(H,13,16). The molecule has 2 N–H and O–H groups in total. The first-order valence-electron chi connectivity index (χ1n) is 5.74. The van der Waals surface area contributed by atoms with Crippen LogP contribution in [0.1, 0.15) is 5.56 Å². The highest BCUT2D eigenvalue weighted by Gasteiger charge is 2.21. The number of oxazole rings is 1. The number of amides is 1. The molecule has 0 bridgehead atoms. The number of hydrogen-bond acceptors (Lipinski definition) is 5. The van der Waals surface area contributed by atoms with Crippen molar-refractivity contribution < 1.29 is 9.21 Å². The zero-order chi connectivity index (χ0) is 12.4. The van der Waals surface area contributed by atoms with Crippen molar-refractivity contribution in [2.24, 2.45) is 0 Å². The third-order valence-electron chi connectivity index (χ3n) is 2.90. The highest BCUT2D eigenvalue weighted by Crippen LogP contribution is 2.14. The molecule has 2 heterocycles. The Kier molecular flexibility index (Phi) is 3.21. The second-order valence-electron chi connectivity index (χ2n) is 4.14. The molecule has 1 saturated heterocycles. The van der Waals surface area contributed by atoms with Gasteiger partial charge in [-0.2, -0.15) is 0 Å². The second kappa shape index (κ2) is 4.99. The predicted molar refractivity (Wildman–Crippen MR) is 70.1 cm³/mol. The molecular weight excluding hydrogens is 250 g/mol. The first-order valence-corrected chi connectivity index (χ1v) is 6.89. The third kappa shape index (κ3) is 2.34. The Morgan fingerprint density at radius 3 is 3.39 bits per heavy atom. The molecular formula is C12H13N3O2S. The Labute approximate surface area is 108 Å². The van der Waals surface area contributed by atoms with Crippen molar-refractivity contribution in [1.82, 2.24) is 15.6 Å². The molecule has 1 aliphatic heterocycles. The minimum atomic E-state index is -0.0657. The quantitative estimate of drug-likeness (QED) is 0.868. The Bertz CT molecular complexity index is 563. The van der Waals surface area contributed by atoms with Crippen LogP contribution in [0.5, 0.6) is 0 Å². The van der Waals surface area contributed by atoms with Gasteiger partial charge in [-0.05, 0) is 17.7 Å². The molecule has 0 aliphatic carbocycles. The summed E-state index contributed by atoms with van der Waals surface area (Å²) in [5, 5.41) is 6.06. The molecule has 1 fully saturated rings. The number of benzene rings is 1. The van der Waals surface area contributed by atoms with Crippen LogP contribution < -0.4 is 10.6 Å². The van der Waals surface area contributed by atoms with Crippen LogP contribution in [0.15, 0.2) is 29.0 Å². The first kappa shape index (κ1) is 11.6. The van der Waals surface area contributed by atoms with E-state index in [-0.39, 0.29) is 11.9 Å². The van der Waals surface area contributed by atoms with E-state index < -0.39 is 0 Å². The molecule has 1 amide bonds. The summed E-state index contributed by atoms with van der Waals surface area (Å²) in [5.41, 5.74) is 2.59. The first-order chi connectivity index (χ1) is 8.83. The molecule has 0 saturated carbocycles. The molecule has 1 aromatic heterocycles. The Morgan fingerprint density at radius 1 is 1.61 bits per heavy atom. The fraction of sp³-hybridized carbons (Fsp3) is 0.333. The van der Waals surface area contributed by atoms with Crippen molar-refractivity contribution in [3.63, 3.8) is 0 Å². The van der Waals surface area contributed by atoms with Crippen LogP contribution in [0, 0.1) is 0 Å². The van der Waals surface area contributed by atoms with Crippen LogP contribution in [-0.2, 0) is 11.3 Å². The van der Waals surface area contributed by atoms with Gasteiger partial charge in [0.2, 0.25) is 5.91 Å². The van der Waals surface area contributed by atoms with Crippen LogP contribution in [0.3, 0.4) is 0 Å². The molecule has 1 aliphatic rings. The number of nitrogens with zero attached hydrogens (tertiary/aromatic N) is 1. The third-order valence-corrected chi connectivity index (χ3v) is 3.84. The van der Waals surface area contributed by atoms with Crippen LogP contribution in [0.2, 0.25) is 0 Å². The van der Waals surface area contributed by atoms with E-state index in [1.54, 1.807) is 11.8 Å². The molecule has 6 heteroatoms. The van der Waals surface area contributed by atoms with Gasteiger partial charge < -0.3 is 9.73 Å². The predicted octanol–water partition coefficient (Wildman–Crippen LogP) is 1.11. The van der Waals surface area contributed by atoms with E-state index in [4.69, 9.17) is 4.42 Å². The zero-order valence-corrected chi connectivity index (χ0v) is 10.5. The molecule has 3 rings (SSSR count). The lowest BCUT2D eigenvalue weighted by Gasteiger charge is -2.10. The van der Waals surface area contributed by atoms with Gasteiger partial charge in [0.1, 0.15) is 5.52 Å². The average Bonchev–Trinajstić information content (AvgIpc) is 3.05. The van der Waals surface area contributed by atoms with Crippen LogP contribution in [0.25, 0.3) is 11.1 Å². The van der Waals surface area contributed by atoms with Crippen molar-refractivity contribution >= 4 is 28.8 Å². The van der Waals surface area contributed by atoms with Crippen molar-refractivity contribution in [3.8, 4) is 0 Å². The van der Waals surface area contributed by atoms with Crippen molar-refractivity contribution in [2.45, 2.75) is 12.6 Å². The van der Waals surface area contributed by atoms with Crippen molar-refractivity contribution in [3.05, 3.63) is 30.2 Å². The highest BCUT2D eigenvalue weighted by molar-refractivity contribution is 7.99. The smallest absolute Gasteiger partial charge is 0.238 e. The number of carbonyl (C=O) groups excluding carboxylic acids is 1. The summed E-state index contributed by atoms with van der Waals surface area (Å²) in [6, 6.07) is 5.68. The van der Waals surface area contributed by atoms with Gasteiger partial charge in [-0.15, -0.1) is 11.8 Å². The van der Waals surface area contributed by atoms with Crippen molar-refractivity contribution in [2.75, 3.05) is 11.6 Å². The van der Waals surface area contributed by atoms with E-state index in [1.165, 1.54) is 6.39 Å². The van der Waals surface area contributed by atoms with E-state index >= 15 is 0 Å². The second-order valence-corrected chi connectivity index (χ2v) is 5.17. The van der Waals surface area contributed by atoms with Crippen molar-refractivity contribution in [1.29, 1.82) is 0 Å². The van der Waals surface area contributed by atoms with Crippen LogP contribution in [-0.4, -0.2) is 28.6 Å². The number of hydrogen-bond donors (Lipinski definition) is 2. The molecule has 1 aromatic carbocycles. The maximum Gasteiger partial charge on any atom is 0.238 e. The molecule has 0 radical (unpaired) electrons. The number of fused-ring (bicyclic) bond motifs is 1. The largest absolute Gasteiger partial charge is 0.443 e. The molecule has 2 aromatic rings. The van der Waals surface area contributed by atoms with E-state index in [2.05, 4.69) is 15.6 Å². The van der Waals surface area contributed by atoms with Gasteiger partial charge in [-0.25, -0.2) is 4.98 Å². The molecule has 1 atom stereocenters. The van der Waals surface area contributed by atoms with Gasteiger partial charge >= 0.3 is 0 Å². The lowest BCUT2D eigenvalue weighted by molar-refractivity contribution is -0.122. The summed E-state index contributed by atoms with van der Waals surface area (Å²) in [6.45, 7) is 0.512. The van der Waals surface area contributed by atoms with E-state index in [0.29, 0.717) is 6.54 Å². The number of nitrogens with one attached hydrogen (secondary N) is 2. The topological polar surface area (TPSA) is 67.2 Å². The summed E-state index contributed by atoms with van der Waals surface area (Å²) in [6.07, 6.45) is 1.42. The minimum Gasteiger partial charge on any atom is -0.443 e. The highest BCUT2D eigenvalue weighted by atomic mass is 32.2. The molecule has 5 nitrogen and oxygen atoms in total. The van der Waals surface area contributed by atoms with Crippen LogP contribution in [0.4, 0.5) is 0 Å². The van der Waals surface area contributed by atoms with Gasteiger partial charge in [0.15, 0.2) is 12.0 Å². The Hall–Kier alpha value is -1.53. The number of rotatable bonds is 3. The number of carbonyl (C=O) groups is 1. The molecule has 18 heavy (non-hydrogen) atoms. The van der Waals surface area contributed by atoms with Gasteiger partial charge in [-0.3, -0.25) is 10.1 Å². The van der Waals surface area contributed by atoms with Gasteiger partial charge in [0.05, 0.1) is 6.04 Å². The summed E-state index contributed by atoms with van der Waals surface area (Å²) in [7, 11) is 0. The normalized spacial score (nSPS) is 19.2. The Morgan fingerprint density at radius 2 is 2.56 bits per heavy atom. The summed E-state index contributed by atoms with van der Waals surface area (Å²) >= 11 is 1.74. The van der Waals surface area contributed by atoms with E-state index in [1.807, 2.05) is 18.2 Å². The SMILES string of the molecule is O=C(NCc1ccc2ncoc2c1)C1CSCN1. The fourth-order valence-corrected chi connectivity index (χ4v) is 2.83. The molecule has 94 valence electrons. The van der Waals surface area contributed by atoms with Crippen LogP contribution >= 0.6 is 11.8 Å². The minimum absolute atomic E-state index is 0.0534. The summed E-state index contributed by atoms with van der Waals surface area (Å²) in [4.78, 5) is 15.9. The number of thioether (sulfide) groups is 1. The molecule has 1 unspecified atom stereocenters. The van der Waals surface area contributed by atoms with E-state index in [9.17, 15) is 4.79 Å². The molecule has 0 spiro atoms. The lowest BCUT2D eigenvalue weighted by atomic mass is 10.2. The Balaban J connectivity index is 1.63. The maximum absolute atomic E-state index is 11.8. The lowest BCUT2D eigenvalue weighted by Crippen LogP contribution is -2.41. The van der Waals surface area contributed by atoms with Gasteiger partial charge in [0.25, 0.3) is 0 Å². The summed E-state index contributed by atoms with van der Waals surface area (Å²) in [5.74, 6) is 1.74. The van der Waals surface area contributed by atoms with E-state index in [0.717, 1.165) is 28.3 Å².